The van der Waals surface area contributed by atoms with Crippen LogP contribution < -0.4 is 0 Å². The zero-order valence-corrected chi connectivity index (χ0v) is 9.35. The average molecular weight is 235 g/mol. The highest BCUT2D eigenvalue weighted by Crippen LogP contribution is 2.15. The van der Waals surface area contributed by atoms with Crippen molar-refractivity contribution in [2.75, 3.05) is 6.26 Å². The van der Waals surface area contributed by atoms with E-state index in [0.717, 1.165) is 11.8 Å². The molecule has 16 heavy (non-hydrogen) atoms. The van der Waals surface area contributed by atoms with Crippen LogP contribution in [0.5, 0.6) is 0 Å². The van der Waals surface area contributed by atoms with Crippen molar-refractivity contribution >= 4 is 9.84 Å². The Morgan fingerprint density at radius 2 is 1.75 bits per heavy atom. The third-order valence-electron chi connectivity index (χ3n) is 1.94. The Balaban J connectivity index is 2.53. The largest absolute Gasteiger partial charge is 0.265 e. The van der Waals surface area contributed by atoms with Gasteiger partial charge in [-0.05, 0) is 18.2 Å². The molecule has 0 saturated heterocycles. The first kappa shape index (κ1) is 10.7. The zero-order chi connectivity index (χ0) is 11.6. The van der Waals surface area contributed by atoms with Crippen LogP contribution in [-0.4, -0.2) is 29.6 Å². The average Bonchev–Trinajstić information content (AvgIpc) is 2.29. The Labute approximate surface area is 93.1 Å². The number of hydrogen-bond acceptors (Lipinski definition) is 5. The van der Waals surface area contributed by atoms with Crippen LogP contribution in [0.2, 0.25) is 0 Å². The van der Waals surface area contributed by atoms with E-state index in [1.165, 1.54) is 6.20 Å². The monoisotopic (exact) mass is 235 g/mol. The van der Waals surface area contributed by atoms with Gasteiger partial charge in [0.1, 0.15) is 0 Å². The summed E-state index contributed by atoms with van der Waals surface area (Å²) in [7, 11) is -3.37. The van der Waals surface area contributed by atoms with Gasteiger partial charge in [0.2, 0.25) is 15.0 Å². The third kappa shape index (κ3) is 2.22. The normalized spacial score (nSPS) is 11.3. The maximum absolute atomic E-state index is 11.3. The van der Waals surface area contributed by atoms with Crippen LogP contribution in [0.4, 0.5) is 0 Å². The molecule has 0 unspecified atom stereocenters. The van der Waals surface area contributed by atoms with E-state index in [0.29, 0.717) is 5.69 Å². The second kappa shape index (κ2) is 3.97. The van der Waals surface area contributed by atoms with Gasteiger partial charge in [-0.1, -0.05) is 0 Å². The van der Waals surface area contributed by atoms with Crippen molar-refractivity contribution in [2.45, 2.75) is 5.16 Å². The maximum atomic E-state index is 11.3. The highest BCUT2D eigenvalue weighted by atomic mass is 32.2. The Bertz CT molecular complexity index is 596. The van der Waals surface area contributed by atoms with Crippen LogP contribution in [0.1, 0.15) is 0 Å². The molecule has 0 aromatic carbocycles. The van der Waals surface area contributed by atoms with Crippen LogP contribution >= 0.6 is 0 Å². The second-order valence-electron chi connectivity index (χ2n) is 3.23. The van der Waals surface area contributed by atoms with Gasteiger partial charge in [-0.25, -0.2) is 18.4 Å². The van der Waals surface area contributed by atoms with Crippen molar-refractivity contribution in [1.82, 2.24) is 15.0 Å². The van der Waals surface area contributed by atoms with Crippen molar-refractivity contribution in [1.29, 1.82) is 0 Å². The molecule has 0 aliphatic rings. The summed E-state index contributed by atoms with van der Waals surface area (Å²) in [5.41, 5.74) is 1.38. The molecule has 0 aliphatic heterocycles. The minimum absolute atomic E-state index is 0.165. The highest BCUT2D eigenvalue weighted by Gasteiger charge is 2.11. The Morgan fingerprint density at radius 3 is 2.38 bits per heavy atom. The number of aromatic nitrogens is 3. The molecule has 0 radical (unpaired) electrons. The topological polar surface area (TPSA) is 72.8 Å². The van der Waals surface area contributed by atoms with E-state index in [2.05, 4.69) is 15.0 Å². The molecular weight excluding hydrogens is 226 g/mol. The van der Waals surface area contributed by atoms with Crippen molar-refractivity contribution < 1.29 is 8.42 Å². The summed E-state index contributed by atoms with van der Waals surface area (Å²) in [6.45, 7) is 0. The molecule has 0 amide bonds. The lowest BCUT2D eigenvalue weighted by molar-refractivity contribution is 0.593. The molecule has 82 valence electrons. The van der Waals surface area contributed by atoms with Crippen molar-refractivity contribution in [3.05, 3.63) is 36.8 Å². The van der Waals surface area contributed by atoms with E-state index in [4.69, 9.17) is 0 Å². The molecule has 2 rings (SSSR count). The lowest BCUT2D eigenvalue weighted by Crippen LogP contribution is -2.04. The van der Waals surface area contributed by atoms with Gasteiger partial charge in [0.25, 0.3) is 0 Å². The number of sulfone groups is 1. The summed E-state index contributed by atoms with van der Waals surface area (Å²) in [6.07, 6.45) is 5.76. The number of rotatable bonds is 2. The quantitative estimate of drug-likeness (QED) is 0.724. The first-order chi connectivity index (χ1) is 7.57. The van der Waals surface area contributed by atoms with Crippen LogP contribution in [0, 0.1) is 0 Å². The molecule has 0 aliphatic carbocycles. The smallest absolute Gasteiger partial charge is 0.247 e. The van der Waals surface area contributed by atoms with Gasteiger partial charge in [0.05, 0.1) is 5.69 Å². The van der Waals surface area contributed by atoms with E-state index in [1.807, 2.05) is 0 Å². The zero-order valence-electron chi connectivity index (χ0n) is 8.53. The molecule has 0 N–H and O–H groups in total. The van der Waals surface area contributed by atoms with Crippen LogP contribution in [0.25, 0.3) is 11.3 Å². The molecule has 5 nitrogen and oxygen atoms in total. The summed E-state index contributed by atoms with van der Waals surface area (Å²) >= 11 is 0. The van der Waals surface area contributed by atoms with E-state index < -0.39 is 9.84 Å². The summed E-state index contributed by atoms with van der Waals surface area (Å²) in [5.74, 6) is 0. The third-order valence-corrected chi connectivity index (χ3v) is 2.80. The van der Waals surface area contributed by atoms with Crippen LogP contribution in [0.3, 0.4) is 0 Å². The maximum Gasteiger partial charge on any atom is 0.247 e. The first-order valence-electron chi connectivity index (χ1n) is 4.51. The Hall–Kier alpha value is -1.82. The van der Waals surface area contributed by atoms with Gasteiger partial charge in [0, 0.05) is 30.4 Å². The highest BCUT2D eigenvalue weighted by molar-refractivity contribution is 7.90. The minimum atomic E-state index is -3.37. The van der Waals surface area contributed by atoms with E-state index in [-0.39, 0.29) is 5.16 Å². The summed E-state index contributed by atoms with van der Waals surface area (Å²) in [6, 6.07) is 5.17. The van der Waals surface area contributed by atoms with E-state index in [9.17, 15) is 8.42 Å². The number of nitrogens with zero attached hydrogens (tertiary/aromatic N) is 3. The van der Waals surface area contributed by atoms with Crippen LogP contribution in [0.15, 0.2) is 41.9 Å². The van der Waals surface area contributed by atoms with Gasteiger partial charge in [-0.3, -0.25) is 4.98 Å². The summed E-state index contributed by atoms with van der Waals surface area (Å²) < 4.78 is 22.6. The van der Waals surface area contributed by atoms with Crippen molar-refractivity contribution in [3.8, 4) is 11.3 Å². The molecule has 2 heterocycles. The molecule has 0 fully saturated rings. The standard InChI is InChI=1S/C10H9N3O2S/c1-16(14,15)10-12-7-4-9(13-10)8-2-5-11-6-3-8/h2-7H,1H3. The fourth-order valence-electron chi connectivity index (χ4n) is 1.20. The van der Waals surface area contributed by atoms with Crippen molar-refractivity contribution in [2.24, 2.45) is 0 Å². The van der Waals surface area contributed by atoms with Gasteiger partial charge in [-0.2, -0.15) is 0 Å². The Morgan fingerprint density at radius 1 is 1.06 bits per heavy atom. The lowest BCUT2D eigenvalue weighted by atomic mass is 10.2. The van der Waals surface area contributed by atoms with E-state index >= 15 is 0 Å². The van der Waals surface area contributed by atoms with E-state index in [1.54, 1.807) is 30.6 Å². The van der Waals surface area contributed by atoms with Gasteiger partial charge in [-0.15, -0.1) is 0 Å². The molecule has 0 bridgehead atoms. The van der Waals surface area contributed by atoms with Gasteiger partial charge < -0.3 is 0 Å². The Kier molecular flexibility index (Phi) is 2.66. The predicted octanol–water partition coefficient (Wildman–Crippen LogP) is 0.942. The molecule has 0 atom stereocenters. The number of hydrogen-bond donors (Lipinski definition) is 0. The van der Waals surface area contributed by atoms with Gasteiger partial charge >= 0.3 is 0 Å². The summed E-state index contributed by atoms with van der Waals surface area (Å²) in [5, 5.41) is -0.165. The molecule has 2 aromatic rings. The van der Waals surface area contributed by atoms with Crippen LogP contribution in [-0.2, 0) is 9.84 Å². The molecule has 2 aromatic heterocycles. The molecule has 0 spiro atoms. The van der Waals surface area contributed by atoms with Crippen molar-refractivity contribution in [3.63, 3.8) is 0 Å². The number of pyridine rings is 1. The molecule has 6 heteroatoms. The van der Waals surface area contributed by atoms with Gasteiger partial charge in [0.15, 0.2) is 0 Å². The fraction of sp³-hybridized carbons (Fsp3) is 0.100. The second-order valence-corrected chi connectivity index (χ2v) is 5.14. The SMILES string of the molecule is CS(=O)(=O)c1nccc(-c2ccncc2)n1. The fourth-order valence-corrected chi connectivity index (χ4v) is 1.72. The summed E-state index contributed by atoms with van der Waals surface area (Å²) in [4.78, 5) is 11.6. The first-order valence-corrected chi connectivity index (χ1v) is 6.40. The predicted molar refractivity (Wildman–Crippen MR) is 58.4 cm³/mol. The molecule has 0 saturated carbocycles. The lowest BCUT2D eigenvalue weighted by Gasteiger charge is -2.01. The minimum Gasteiger partial charge on any atom is -0.265 e. The molecular formula is C10H9N3O2S.